The summed E-state index contributed by atoms with van der Waals surface area (Å²) in [6, 6.07) is 16.9. The van der Waals surface area contributed by atoms with E-state index in [0.29, 0.717) is 5.69 Å². The SMILES string of the molecule is Nc1ccccc1C(N)(N)c1ccccc1. The molecule has 0 unspecified atom stereocenters. The van der Waals surface area contributed by atoms with Gasteiger partial charge in [0.25, 0.3) is 0 Å². The number of nitrogens with two attached hydrogens (primary N) is 3. The van der Waals surface area contributed by atoms with Crippen molar-refractivity contribution in [2.75, 3.05) is 5.73 Å². The zero-order valence-electron chi connectivity index (χ0n) is 8.93. The summed E-state index contributed by atoms with van der Waals surface area (Å²) < 4.78 is 0. The number of hydrogen-bond acceptors (Lipinski definition) is 3. The fourth-order valence-electron chi connectivity index (χ4n) is 1.74. The molecule has 0 saturated carbocycles. The summed E-state index contributed by atoms with van der Waals surface area (Å²) in [6.45, 7) is 0. The van der Waals surface area contributed by atoms with E-state index >= 15 is 0 Å². The molecule has 0 radical (unpaired) electrons. The highest BCUT2D eigenvalue weighted by atomic mass is 15.0. The lowest BCUT2D eigenvalue weighted by atomic mass is 9.92. The fraction of sp³-hybridized carbons (Fsp3) is 0.0769. The third kappa shape index (κ3) is 1.78. The highest BCUT2D eigenvalue weighted by Gasteiger charge is 2.25. The topological polar surface area (TPSA) is 78.1 Å². The van der Waals surface area contributed by atoms with E-state index in [1.807, 2.05) is 48.5 Å². The van der Waals surface area contributed by atoms with Gasteiger partial charge in [-0.25, -0.2) is 0 Å². The first-order valence-corrected chi connectivity index (χ1v) is 5.10. The van der Waals surface area contributed by atoms with Crippen LogP contribution in [-0.4, -0.2) is 0 Å². The quantitative estimate of drug-likeness (QED) is 0.521. The van der Waals surface area contributed by atoms with Crippen LogP contribution in [0, 0.1) is 0 Å². The molecule has 0 atom stereocenters. The maximum absolute atomic E-state index is 6.16. The van der Waals surface area contributed by atoms with Crippen LogP contribution in [0.2, 0.25) is 0 Å². The molecule has 2 aromatic rings. The second-order valence-electron chi connectivity index (χ2n) is 3.82. The minimum Gasteiger partial charge on any atom is -0.398 e. The van der Waals surface area contributed by atoms with Crippen LogP contribution < -0.4 is 17.2 Å². The number of anilines is 1. The minimum absolute atomic E-state index is 0.608. The zero-order valence-corrected chi connectivity index (χ0v) is 8.93. The lowest BCUT2D eigenvalue weighted by Gasteiger charge is -2.27. The molecule has 2 aromatic carbocycles. The van der Waals surface area contributed by atoms with Crippen molar-refractivity contribution in [2.45, 2.75) is 5.66 Å². The van der Waals surface area contributed by atoms with Gasteiger partial charge in [0, 0.05) is 11.3 Å². The number of rotatable bonds is 2. The van der Waals surface area contributed by atoms with Crippen LogP contribution in [0.1, 0.15) is 11.1 Å². The largest absolute Gasteiger partial charge is 0.398 e. The molecule has 2 rings (SSSR count). The number of hydrogen-bond donors (Lipinski definition) is 3. The Balaban J connectivity index is 2.51. The normalized spacial score (nSPS) is 11.4. The Labute approximate surface area is 94.9 Å². The van der Waals surface area contributed by atoms with Gasteiger partial charge in [-0.15, -0.1) is 0 Å². The fourth-order valence-corrected chi connectivity index (χ4v) is 1.74. The van der Waals surface area contributed by atoms with Crippen LogP contribution >= 0.6 is 0 Å². The highest BCUT2D eigenvalue weighted by Crippen LogP contribution is 2.25. The van der Waals surface area contributed by atoms with E-state index in [2.05, 4.69) is 0 Å². The molecule has 0 amide bonds. The van der Waals surface area contributed by atoms with Crippen molar-refractivity contribution >= 4 is 5.69 Å². The summed E-state index contributed by atoms with van der Waals surface area (Å²) in [4.78, 5) is 0. The molecule has 0 aliphatic carbocycles. The molecule has 0 aromatic heterocycles. The molecular weight excluding hydrogens is 198 g/mol. The van der Waals surface area contributed by atoms with Gasteiger partial charge < -0.3 is 17.2 Å². The third-order valence-electron chi connectivity index (χ3n) is 2.66. The van der Waals surface area contributed by atoms with Gasteiger partial charge in [0.2, 0.25) is 0 Å². The molecule has 0 aliphatic rings. The van der Waals surface area contributed by atoms with Gasteiger partial charge in [0.1, 0.15) is 5.66 Å². The summed E-state index contributed by atoms with van der Waals surface area (Å²) in [5, 5.41) is 0. The Kier molecular flexibility index (Phi) is 2.64. The van der Waals surface area contributed by atoms with Gasteiger partial charge in [0.15, 0.2) is 0 Å². The smallest absolute Gasteiger partial charge is 0.118 e. The van der Waals surface area contributed by atoms with Gasteiger partial charge in [-0.3, -0.25) is 0 Å². The second kappa shape index (κ2) is 3.96. The Morgan fingerprint density at radius 2 is 1.31 bits per heavy atom. The Hall–Kier alpha value is -1.84. The van der Waals surface area contributed by atoms with E-state index in [-0.39, 0.29) is 0 Å². The average Bonchev–Trinajstić information content (AvgIpc) is 2.30. The standard InChI is InChI=1S/C13H15N3/c14-12-9-5-4-8-11(12)13(15,16)10-6-2-1-3-7-10/h1-9H,14-16H2. The van der Waals surface area contributed by atoms with Crippen molar-refractivity contribution in [3.05, 3.63) is 65.7 Å². The van der Waals surface area contributed by atoms with Crippen molar-refractivity contribution in [3.8, 4) is 0 Å². The number of nitrogen functional groups attached to an aromatic ring is 1. The van der Waals surface area contributed by atoms with Crippen molar-refractivity contribution in [3.63, 3.8) is 0 Å². The molecule has 16 heavy (non-hydrogen) atoms. The van der Waals surface area contributed by atoms with Crippen LogP contribution in [0.15, 0.2) is 54.6 Å². The van der Waals surface area contributed by atoms with E-state index in [4.69, 9.17) is 17.2 Å². The molecule has 0 bridgehead atoms. The van der Waals surface area contributed by atoms with Crippen LogP contribution in [0.4, 0.5) is 5.69 Å². The lowest BCUT2D eigenvalue weighted by molar-refractivity contribution is 0.570. The first kappa shape index (κ1) is 10.7. The maximum Gasteiger partial charge on any atom is 0.118 e. The van der Waals surface area contributed by atoms with Crippen molar-refractivity contribution in [2.24, 2.45) is 11.5 Å². The minimum atomic E-state index is -1.05. The monoisotopic (exact) mass is 213 g/mol. The van der Waals surface area contributed by atoms with E-state index < -0.39 is 5.66 Å². The molecule has 0 spiro atoms. The Morgan fingerprint density at radius 1 is 0.750 bits per heavy atom. The van der Waals surface area contributed by atoms with Gasteiger partial charge in [-0.2, -0.15) is 0 Å². The molecule has 0 aliphatic heterocycles. The van der Waals surface area contributed by atoms with Gasteiger partial charge >= 0.3 is 0 Å². The average molecular weight is 213 g/mol. The first-order valence-electron chi connectivity index (χ1n) is 5.10. The van der Waals surface area contributed by atoms with Gasteiger partial charge in [-0.05, 0) is 11.6 Å². The van der Waals surface area contributed by atoms with Crippen LogP contribution in [0.3, 0.4) is 0 Å². The second-order valence-corrected chi connectivity index (χ2v) is 3.82. The predicted molar refractivity (Wildman–Crippen MR) is 66.5 cm³/mol. The van der Waals surface area contributed by atoms with Gasteiger partial charge in [0.05, 0.1) is 0 Å². The molecule has 0 saturated heterocycles. The lowest BCUT2D eigenvalue weighted by Crippen LogP contribution is -2.47. The van der Waals surface area contributed by atoms with Crippen LogP contribution in [-0.2, 0) is 5.66 Å². The molecule has 3 nitrogen and oxygen atoms in total. The van der Waals surface area contributed by atoms with Gasteiger partial charge in [-0.1, -0.05) is 48.5 Å². The zero-order chi connectivity index (χ0) is 11.6. The van der Waals surface area contributed by atoms with Crippen LogP contribution in [0.25, 0.3) is 0 Å². The summed E-state index contributed by atoms with van der Waals surface area (Å²) >= 11 is 0. The first-order chi connectivity index (χ1) is 7.62. The summed E-state index contributed by atoms with van der Waals surface area (Å²) in [6.07, 6.45) is 0. The van der Waals surface area contributed by atoms with Crippen molar-refractivity contribution < 1.29 is 0 Å². The van der Waals surface area contributed by atoms with E-state index in [1.54, 1.807) is 6.07 Å². The Morgan fingerprint density at radius 3 is 1.94 bits per heavy atom. The Bertz CT molecular complexity index is 478. The molecule has 0 heterocycles. The third-order valence-corrected chi connectivity index (χ3v) is 2.66. The van der Waals surface area contributed by atoms with E-state index in [0.717, 1.165) is 11.1 Å². The molecular formula is C13H15N3. The number of para-hydroxylation sites is 1. The molecule has 6 N–H and O–H groups in total. The highest BCUT2D eigenvalue weighted by molar-refractivity contribution is 5.53. The van der Waals surface area contributed by atoms with Crippen LogP contribution in [0.5, 0.6) is 0 Å². The van der Waals surface area contributed by atoms with E-state index in [1.165, 1.54) is 0 Å². The molecule has 82 valence electrons. The molecule has 0 fully saturated rings. The van der Waals surface area contributed by atoms with Crippen molar-refractivity contribution in [1.29, 1.82) is 0 Å². The summed E-state index contributed by atoms with van der Waals surface area (Å²) in [5.74, 6) is 0. The summed E-state index contributed by atoms with van der Waals surface area (Å²) in [5.41, 5.74) is 19.3. The van der Waals surface area contributed by atoms with E-state index in [9.17, 15) is 0 Å². The summed E-state index contributed by atoms with van der Waals surface area (Å²) in [7, 11) is 0. The maximum atomic E-state index is 6.16. The molecule has 3 heteroatoms. The predicted octanol–water partition coefficient (Wildman–Crippen LogP) is 1.39. The number of benzene rings is 2. The van der Waals surface area contributed by atoms with Crippen molar-refractivity contribution in [1.82, 2.24) is 0 Å².